The summed E-state index contributed by atoms with van der Waals surface area (Å²) in [5.74, 6) is -0.336. The van der Waals surface area contributed by atoms with E-state index in [2.05, 4.69) is 10.6 Å². The Bertz CT molecular complexity index is 515. The Balaban J connectivity index is 2.49. The molecule has 0 unspecified atom stereocenters. The number of benzene rings is 1. The van der Waals surface area contributed by atoms with Gasteiger partial charge in [0.2, 0.25) is 5.91 Å². The summed E-state index contributed by atoms with van der Waals surface area (Å²) in [5.41, 5.74) is 6.63. The maximum Gasteiger partial charge on any atom is 0.251 e. The van der Waals surface area contributed by atoms with Gasteiger partial charge in [-0.2, -0.15) is 0 Å². The second-order valence-corrected chi connectivity index (χ2v) is 5.11. The molecule has 0 saturated heterocycles. The highest BCUT2D eigenvalue weighted by atomic mass is 32.1. The molecule has 0 aliphatic rings. The van der Waals surface area contributed by atoms with Crippen LogP contribution >= 0.6 is 12.2 Å². The first-order valence-corrected chi connectivity index (χ1v) is 6.78. The molecule has 0 bridgehead atoms. The van der Waals surface area contributed by atoms with Crippen molar-refractivity contribution in [3.05, 3.63) is 35.4 Å². The molecule has 4 N–H and O–H groups in total. The monoisotopic (exact) mass is 293 g/mol. The van der Waals surface area contributed by atoms with E-state index in [9.17, 15) is 9.59 Å². The van der Waals surface area contributed by atoms with Crippen molar-refractivity contribution in [2.24, 2.45) is 5.73 Å². The SMILES string of the molecule is CC(C)NC(=O)CCNC(=O)c1cccc(C(N)=S)c1. The smallest absolute Gasteiger partial charge is 0.251 e. The molecule has 0 fully saturated rings. The molecule has 1 aromatic carbocycles. The van der Waals surface area contributed by atoms with Crippen molar-refractivity contribution in [3.8, 4) is 0 Å². The van der Waals surface area contributed by atoms with Crippen LogP contribution in [-0.4, -0.2) is 29.4 Å². The van der Waals surface area contributed by atoms with E-state index in [4.69, 9.17) is 18.0 Å². The number of hydrogen-bond donors (Lipinski definition) is 3. The van der Waals surface area contributed by atoms with Crippen LogP contribution in [-0.2, 0) is 4.79 Å². The molecule has 0 saturated carbocycles. The number of rotatable bonds is 6. The second kappa shape index (κ2) is 7.59. The quantitative estimate of drug-likeness (QED) is 0.682. The van der Waals surface area contributed by atoms with Crippen LogP contribution in [0.1, 0.15) is 36.2 Å². The van der Waals surface area contributed by atoms with Gasteiger partial charge < -0.3 is 16.4 Å². The van der Waals surface area contributed by atoms with E-state index in [1.807, 2.05) is 13.8 Å². The second-order valence-electron chi connectivity index (χ2n) is 4.67. The molecule has 5 nitrogen and oxygen atoms in total. The molecule has 0 spiro atoms. The maximum absolute atomic E-state index is 11.9. The molecular formula is C14H19N3O2S. The summed E-state index contributed by atoms with van der Waals surface area (Å²) in [7, 11) is 0. The normalized spacial score (nSPS) is 10.2. The molecule has 0 aliphatic heterocycles. The minimum Gasteiger partial charge on any atom is -0.389 e. The molecule has 108 valence electrons. The third-order valence-electron chi connectivity index (χ3n) is 2.50. The first-order chi connectivity index (χ1) is 9.40. The average molecular weight is 293 g/mol. The Morgan fingerprint density at radius 1 is 1.30 bits per heavy atom. The third-order valence-corrected chi connectivity index (χ3v) is 2.73. The van der Waals surface area contributed by atoms with E-state index >= 15 is 0 Å². The van der Waals surface area contributed by atoms with E-state index in [-0.39, 0.29) is 35.8 Å². The van der Waals surface area contributed by atoms with Crippen LogP contribution in [0, 0.1) is 0 Å². The van der Waals surface area contributed by atoms with E-state index in [1.54, 1.807) is 24.3 Å². The number of amides is 2. The van der Waals surface area contributed by atoms with Gasteiger partial charge in [0, 0.05) is 30.1 Å². The lowest BCUT2D eigenvalue weighted by Crippen LogP contribution is -2.34. The van der Waals surface area contributed by atoms with Crippen molar-refractivity contribution in [1.82, 2.24) is 10.6 Å². The van der Waals surface area contributed by atoms with E-state index < -0.39 is 0 Å². The highest BCUT2D eigenvalue weighted by Crippen LogP contribution is 2.05. The minimum atomic E-state index is -0.250. The Labute approximate surface area is 123 Å². The first kappa shape index (κ1) is 16.1. The average Bonchev–Trinajstić information content (AvgIpc) is 2.37. The summed E-state index contributed by atoms with van der Waals surface area (Å²) >= 11 is 4.86. The van der Waals surface area contributed by atoms with Gasteiger partial charge in [-0.05, 0) is 26.0 Å². The van der Waals surface area contributed by atoms with Crippen molar-refractivity contribution >= 4 is 29.0 Å². The zero-order valence-corrected chi connectivity index (χ0v) is 12.4. The molecule has 0 atom stereocenters. The molecule has 0 aliphatic carbocycles. The molecule has 0 heterocycles. The number of nitrogens with one attached hydrogen (secondary N) is 2. The van der Waals surface area contributed by atoms with E-state index in [0.717, 1.165) is 0 Å². The van der Waals surface area contributed by atoms with Gasteiger partial charge >= 0.3 is 0 Å². The lowest BCUT2D eigenvalue weighted by Gasteiger charge is -2.09. The van der Waals surface area contributed by atoms with Gasteiger partial charge in [0.05, 0.1) is 0 Å². The van der Waals surface area contributed by atoms with Gasteiger partial charge in [0.25, 0.3) is 5.91 Å². The van der Waals surface area contributed by atoms with Crippen molar-refractivity contribution in [3.63, 3.8) is 0 Å². The van der Waals surface area contributed by atoms with Gasteiger partial charge in [-0.1, -0.05) is 24.4 Å². The van der Waals surface area contributed by atoms with Gasteiger partial charge in [0.1, 0.15) is 4.99 Å². The summed E-state index contributed by atoms with van der Waals surface area (Å²) < 4.78 is 0. The molecule has 0 aromatic heterocycles. The Morgan fingerprint density at radius 3 is 2.55 bits per heavy atom. The minimum absolute atomic E-state index is 0.0859. The van der Waals surface area contributed by atoms with Gasteiger partial charge in [0.15, 0.2) is 0 Å². The summed E-state index contributed by atoms with van der Waals surface area (Å²) in [5, 5.41) is 5.44. The van der Waals surface area contributed by atoms with Crippen LogP contribution in [0.4, 0.5) is 0 Å². The number of nitrogens with two attached hydrogens (primary N) is 1. The molecule has 0 radical (unpaired) electrons. The molecule has 1 rings (SSSR count). The topological polar surface area (TPSA) is 84.2 Å². The van der Waals surface area contributed by atoms with Crippen molar-refractivity contribution < 1.29 is 9.59 Å². The number of carbonyl (C=O) groups excluding carboxylic acids is 2. The fourth-order valence-corrected chi connectivity index (χ4v) is 1.73. The Hall–Kier alpha value is -1.95. The van der Waals surface area contributed by atoms with Crippen LogP contribution in [0.15, 0.2) is 24.3 Å². The lowest BCUT2D eigenvalue weighted by atomic mass is 10.1. The standard InChI is InChI=1S/C14H19N3O2S/c1-9(2)17-12(18)6-7-16-14(19)11-5-3-4-10(8-11)13(15)20/h3-5,8-9H,6-7H2,1-2H3,(H2,15,20)(H,16,19)(H,17,18). The third kappa shape index (κ3) is 5.36. The summed E-state index contributed by atoms with van der Waals surface area (Å²) in [6, 6.07) is 6.86. The fraction of sp³-hybridized carbons (Fsp3) is 0.357. The number of thiocarbonyl (C=S) groups is 1. The van der Waals surface area contributed by atoms with E-state index in [1.165, 1.54) is 0 Å². The number of hydrogen-bond acceptors (Lipinski definition) is 3. The van der Waals surface area contributed by atoms with Crippen molar-refractivity contribution in [1.29, 1.82) is 0 Å². The largest absolute Gasteiger partial charge is 0.389 e. The van der Waals surface area contributed by atoms with Crippen LogP contribution in [0.2, 0.25) is 0 Å². The molecule has 2 amide bonds. The summed E-state index contributed by atoms with van der Waals surface area (Å²) in [6.45, 7) is 4.06. The lowest BCUT2D eigenvalue weighted by molar-refractivity contribution is -0.121. The van der Waals surface area contributed by atoms with Gasteiger partial charge in [-0.25, -0.2) is 0 Å². The van der Waals surface area contributed by atoms with Gasteiger partial charge in [-0.3, -0.25) is 9.59 Å². The van der Waals surface area contributed by atoms with Crippen LogP contribution in [0.3, 0.4) is 0 Å². The Morgan fingerprint density at radius 2 is 1.95 bits per heavy atom. The van der Waals surface area contributed by atoms with Crippen molar-refractivity contribution in [2.75, 3.05) is 6.54 Å². The first-order valence-electron chi connectivity index (χ1n) is 6.37. The maximum atomic E-state index is 11.9. The molecule has 20 heavy (non-hydrogen) atoms. The predicted octanol–water partition coefficient (Wildman–Crippen LogP) is 0.965. The van der Waals surface area contributed by atoms with E-state index in [0.29, 0.717) is 11.1 Å². The van der Waals surface area contributed by atoms with Crippen LogP contribution < -0.4 is 16.4 Å². The molecule has 6 heteroatoms. The number of carbonyl (C=O) groups is 2. The molecule has 1 aromatic rings. The predicted molar refractivity (Wildman–Crippen MR) is 82.6 cm³/mol. The van der Waals surface area contributed by atoms with Crippen LogP contribution in [0.5, 0.6) is 0 Å². The zero-order chi connectivity index (χ0) is 15.1. The fourth-order valence-electron chi connectivity index (χ4n) is 1.60. The van der Waals surface area contributed by atoms with Crippen molar-refractivity contribution in [2.45, 2.75) is 26.3 Å². The van der Waals surface area contributed by atoms with Gasteiger partial charge in [-0.15, -0.1) is 0 Å². The zero-order valence-electron chi connectivity index (χ0n) is 11.6. The van der Waals surface area contributed by atoms with Crippen LogP contribution in [0.25, 0.3) is 0 Å². The highest BCUT2D eigenvalue weighted by Gasteiger charge is 2.08. The Kier molecular flexibility index (Phi) is 6.11. The molecular weight excluding hydrogens is 274 g/mol. The summed E-state index contributed by atoms with van der Waals surface area (Å²) in [6.07, 6.45) is 0.249. The highest BCUT2D eigenvalue weighted by molar-refractivity contribution is 7.80. The summed E-state index contributed by atoms with van der Waals surface area (Å²) in [4.78, 5) is 23.6.